The van der Waals surface area contributed by atoms with Crippen molar-refractivity contribution in [1.82, 2.24) is 9.55 Å². The molecule has 1 aliphatic carbocycles. The van der Waals surface area contributed by atoms with Crippen molar-refractivity contribution < 1.29 is 14.3 Å². The monoisotopic (exact) mass is 408 g/mol. The van der Waals surface area contributed by atoms with Crippen LogP contribution in [0.2, 0.25) is 0 Å². The predicted octanol–water partition coefficient (Wildman–Crippen LogP) is 3.17. The van der Waals surface area contributed by atoms with Crippen LogP contribution >= 0.6 is 23.1 Å². The minimum atomic E-state index is -0.247. The van der Waals surface area contributed by atoms with Crippen LogP contribution in [0.3, 0.4) is 0 Å². The molecule has 1 fully saturated rings. The molecule has 8 heteroatoms. The van der Waals surface area contributed by atoms with Gasteiger partial charge in [-0.15, -0.1) is 11.3 Å². The Labute approximate surface area is 166 Å². The fourth-order valence-electron chi connectivity index (χ4n) is 3.81. The molecule has 2 aliphatic rings. The summed E-state index contributed by atoms with van der Waals surface area (Å²) >= 11 is 3.11. The maximum Gasteiger partial charge on any atom is 0.306 e. The number of hydrogen-bond donors (Lipinski definition) is 0. The molecule has 27 heavy (non-hydrogen) atoms. The Morgan fingerprint density at radius 1 is 1.37 bits per heavy atom. The second-order valence-electron chi connectivity index (χ2n) is 7.01. The summed E-state index contributed by atoms with van der Waals surface area (Å²) in [7, 11) is 1.39. The molecule has 0 amide bonds. The third-order valence-electron chi connectivity index (χ3n) is 5.22. The average Bonchev–Trinajstić information content (AvgIpc) is 3.31. The lowest BCUT2D eigenvalue weighted by molar-refractivity contribution is -0.140. The van der Waals surface area contributed by atoms with Crippen molar-refractivity contribution in [3.63, 3.8) is 0 Å². The molecule has 0 bridgehead atoms. The molecule has 0 radical (unpaired) electrons. The first-order chi connectivity index (χ1) is 13.2. The quantitative estimate of drug-likeness (QED) is 0.415. The van der Waals surface area contributed by atoms with E-state index in [1.807, 2.05) is 0 Å². The number of thioether (sulfide) groups is 1. The van der Waals surface area contributed by atoms with E-state index in [1.54, 1.807) is 15.9 Å². The Balaban J connectivity index is 1.71. The summed E-state index contributed by atoms with van der Waals surface area (Å²) in [5.41, 5.74) is 1.27. The van der Waals surface area contributed by atoms with Gasteiger partial charge in [-0.25, -0.2) is 4.98 Å². The van der Waals surface area contributed by atoms with Crippen LogP contribution in [0.1, 0.15) is 42.5 Å². The summed E-state index contributed by atoms with van der Waals surface area (Å²) in [6.07, 6.45) is 6.72. The number of fused-ring (bicyclic) bond motifs is 3. The number of esters is 1. The van der Waals surface area contributed by atoms with Crippen molar-refractivity contribution in [3.05, 3.63) is 20.8 Å². The first-order valence-corrected chi connectivity index (χ1v) is 11.3. The lowest BCUT2D eigenvalue weighted by Crippen LogP contribution is -2.29. The summed E-state index contributed by atoms with van der Waals surface area (Å²) in [6.45, 7) is 1.29. The first-order valence-electron chi connectivity index (χ1n) is 9.53. The lowest BCUT2D eigenvalue weighted by Gasteiger charge is -2.16. The largest absolute Gasteiger partial charge is 0.469 e. The zero-order chi connectivity index (χ0) is 18.8. The molecular formula is C19H24N2O4S2. The highest BCUT2D eigenvalue weighted by Crippen LogP contribution is 2.35. The Morgan fingerprint density at radius 3 is 3.00 bits per heavy atom. The van der Waals surface area contributed by atoms with E-state index in [4.69, 9.17) is 14.5 Å². The molecule has 0 N–H and O–H groups in total. The van der Waals surface area contributed by atoms with Crippen LogP contribution in [0, 0.1) is 0 Å². The van der Waals surface area contributed by atoms with Gasteiger partial charge in [0.2, 0.25) is 0 Å². The summed E-state index contributed by atoms with van der Waals surface area (Å²) in [4.78, 5) is 31.8. The van der Waals surface area contributed by atoms with E-state index in [2.05, 4.69) is 0 Å². The minimum absolute atomic E-state index is 0.0514. The molecule has 2 aromatic heterocycles. The third kappa shape index (κ3) is 3.93. The Kier molecular flexibility index (Phi) is 5.85. The maximum atomic E-state index is 13.4. The van der Waals surface area contributed by atoms with Crippen LogP contribution in [0.5, 0.6) is 0 Å². The normalized spacial score (nSPS) is 19.4. The Morgan fingerprint density at radius 2 is 2.22 bits per heavy atom. The number of thiophene rings is 1. The molecular weight excluding hydrogens is 384 g/mol. The van der Waals surface area contributed by atoms with Crippen LogP contribution in [-0.4, -0.2) is 41.1 Å². The maximum absolute atomic E-state index is 13.4. The van der Waals surface area contributed by atoms with E-state index < -0.39 is 0 Å². The van der Waals surface area contributed by atoms with E-state index in [0.29, 0.717) is 23.9 Å². The fourth-order valence-corrected chi connectivity index (χ4v) is 6.04. The van der Waals surface area contributed by atoms with Crippen molar-refractivity contribution in [3.8, 4) is 0 Å². The van der Waals surface area contributed by atoms with Gasteiger partial charge in [-0.2, -0.15) is 0 Å². The molecule has 1 aliphatic heterocycles. The predicted molar refractivity (Wildman–Crippen MR) is 107 cm³/mol. The Bertz CT molecular complexity index is 899. The molecule has 146 valence electrons. The van der Waals surface area contributed by atoms with E-state index in [-0.39, 0.29) is 17.6 Å². The highest BCUT2D eigenvalue weighted by atomic mass is 32.2. The topological polar surface area (TPSA) is 70.4 Å². The van der Waals surface area contributed by atoms with E-state index in [1.165, 1.54) is 35.7 Å². The minimum Gasteiger partial charge on any atom is -0.469 e. The summed E-state index contributed by atoms with van der Waals surface area (Å²) in [5, 5.41) is 1.50. The SMILES string of the molecule is COC(=O)CCSc1nc2sc3c(c2c(=O)n1C[C@H]1CCCO1)CCCC3. The highest BCUT2D eigenvalue weighted by molar-refractivity contribution is 7.99. The molecule has 4 rings (SSSR count). The lowest BCUT2D eigenvalue weighted by atomic mass is 9.97. The number of aryl methyl sites for hydroxylation is 2. The van der Waals surface area contributed by atoms with Gasteiger partial charge in [0.25, 0.3) is 5.56 Å². The number of rotatable bonds is 6. The third-order valence-corrected chi connectivity index (χ3v) is 7.38. The number of aromatic nitrogens is 2. The zero-order valence-corrected chi connectivity index (χ0v) is 17.1. The number of carbonyl (C=O) groups excluding carboxylic acids is 1. The van der Waals surface area contributed by atoms with Crippen molar-refractivity contribution in [2.75, 3.05) is 19.5 Å². The van der Waals surface area contributed by atoms with Crippen LogP contribution < -0.4 is 5.56 Å². The molecule has 0 saturated carbocycles. The van der Waals surface area contributed by atoms with Gasteiger partial charge < -0.3 is 9.47 Å². The van der Waals surface area contributed by atoms with Crippen molar-refractivity contribution in [2.45, 2.75) is 62.8 Å². The van der Waals surface area contributed by atoms with Crippen molar-refractivity contribution in [2.24, 2.45) is 0 Å². The standard InChI is InChI=1S/C19H24N2O4S2/c1-24-15(22)8-10-26-19-20-17-16(13-6-2-3-7-14(13)27-17)18(23)21(19)11-12-5-4-9-25-12/h12H,2-11H2,1H3/t12-/m1/s1. The van der Waals surface area contributed by atoms with Gasteiger partial charge in [0.15, 0.2) is 5.16 Å². The van der Waals surface area contributed by atoms with E-state index >= 15 is 0 Å². The van der Waals surface area contributed by atoms with Gasteiger partial charge in [-0.1, -0.05) is 11.8 Å². The highest BCUT2D eigenvalue weighted by Gasteiger charge is 2.24. The van der Waals surface area contributed by atoms with Crippen LogP contribution in [0.25, 0.3) is 10.2 Å². The molecule has 6 nitrogen and oxygen atoms in total. The number of hydrogen-bond acceptors (Lipinski definition) is 7. The first kappa shape index (κ1) is 19.0. The number of carbonyl (C=O) groups is 1. The van der Waals surface area contributed by atoms with Gasteiger partial charge >= 0.3 is 5.97 Å². The molecule has 0 aromatic carbocycles. The molecule has 2 aromatic rings. The second kappa shape index (κ2) is 8.32. The van der Waals surface area contributed by atoms with Gasteiger partial charge in [0, 0.05) is 17.2 Å². The smallest absolute Gasteiger partial charge is 0.306 e. The second-order valence-corrected chi connectivity index (χ2v) is 9.16. The summed E-state index contributed by atoms with van der Waals surface area (Å²) in [6, 6.07) is 0. The molecule has 1 saturated heterocycles. The molecule has 0 spiro atoms. The molecule has 0 unspecified atom stereocenters. The van der Waals surface area contributed by atoms with Gasteiger partial charge in [-0.05, 0) is 44.1 Å². The number of ether oxygens (including phenoxy) is 2. The van der Waals surface area contributed by atoms with Gasteiger partial charge in [0.05, 0.1) is 31.6 Å². The van der Waals surface area contributed by atoms with Crippen LogP contribution in [0.15, 0.2) is 9.95 Å². The Hall–Kier alpha value is -1.38. The van der Waals surface area contributed by atoms with E-state index in [9.17, 15) is 9.59 Å². The summed E-state index contributed by atoms with van der Waals surface area (Å²) in [5.74, 6) is 0.296. The van der Waals surface area contributed by atoms with Crippen LogP contribution in [-0.2, 0) is 33.7 Å². The van der Waals surface area contributed by atoms with E-state index in [0.717, 1.165) is 48.9 Å². The fraction of sp³-hybridized carbons (Fsp3) is 0.632. The molecule has 1 atom stereocenters. The number of methoxy groups -OCH3 is 1. The summed E-state index contributed by atoms with van der Waals surface area (Å²) < 4.78 is 12.3. The van der Waals surface area contributed by atoms with Crippen molar-refractivity contribution >= 4 is 39.3 Å². The molecule has 3 heterocycles. The van der Waals surface area contributed by atoms with Gasteiger partial charge in [-0.3, -0.25) is 14.2 Å². The number of nitrogens with zero attached hydrogens (tertiary/aromatic N) is 2. The van der Waals surface area contributed by atoms with Gasteiger partial charge in [0.1, 0.15) is 4.83 Å². The zero-order valence-electron chi connectivity index (χ0n) is 15.5. The van der Waals surface area contributed by atoms with Crippen LogP contribution in [0.4, 0.5) is 0 Å². The van der Waals surface area contributed by atoms with Crippen molar-refractivity contribution in [1.29, 1.82) is 0 Å². The average molecular weight is 409 g/mol.